The van der Waals surface area contributed by atoms with Crippen LogP contribution in [0.4, 0.5) is 5.69 Å². The Hall–Kier alpha value is -2.08. The maximum Gasteiger partial charge on any atom is 0.235 e. The summed E-state index contributed by atoms with van der Waals surface area (Å²) < 4.78 is 0. The van der Waals surface area contributed by atoms with Crippen molar-refractivity contribution in [1.29, 1.82) is 0 Å². The van der Waals surface area contributed by atoms with Crippen LogP contribution in [0.15, 0.2) is 30.3 Å². The molecule has 2 amide bonds. The summed E-state index contributed by atoms with van der Waals surface area (Å²) in [5.74, 6) is -0.990. The molecule has 2 rings (SSSR count). The molecule has 1 saturated heterocycles. The van der Waals surface area contributed by atoms with Crippen LogP contribution in [-0.2, 0) is 9.59 Å². The summed E-state index contributed by atoms with van der Waals surface area (Å²) in [6.07, 6.45) is -0.0132. The van der Waals surface area contributed by atoms with E-state index in [0.717, 1.165) is 18.8 Å². The molecule has 0 aliphatic carbocycles. The van der Waals surface area contributed by atoms with Crippen LogP contribution in [0.2, 0.25) is 0 Å². The molecule has 0 bridgehead atoms. The molecule has 6 nitrogen and oxygen atoms in total. The van der Waals surface area contributed by atoms with E-state index in [2.05, 4.69) is 17.0 Å². The third-order valence-corrected chi connectivity index (χ3v) is 3.60. The van der Waals surface area contributed by atoms with Crippen LogP contribution >= 0.6 is 0 Å². The number of hydrogen-bond acceptors (Lipinski definition) is 4. The average molecular weight is 276 g/mol. The van der Waals surface area contributed by atoms with Gasteiger partial charge < -0.3 is 16.4 Å². The maximum atomic E-state index is 11.4. The molecule has 4 N–H and O–H groups in total. The third-order valence-electron chi connectivity index (χ3n) is 3.60. The first-order chi connectivity index (χ1) is 9.58. The molecule has 1 aromatic carbocycles. The van der Waals surface area contributed by atoms with Gasteiger partial charge in [-0.15, -0.1) is 0 Å². The Balaban J connectivity index is 1.96. The van der Waals surface area contributed by atoms with Crippen molar-refractivity contribution in [2.24, 2.45) is 11.5 Å². The molecule has 1 heterocycles. The number of para-hydroxylation sites is 1. The van der Waals surface area contributed by atoms with E-state index in [4.69, 9.17) is 11.5 Å². The lowest BCUT2D eigenvalue weighted by Gasteiger charge is -2.38. The fraction of sp³-hybridized carbons (Fsp3) is 0.429. The zero-order chi connectivity index (χ0) is 14.5. The number of hydrogen-bond donors (Lipinski definition) is 2. The molecule has 1 unspecified atom stereocenters. The van der Waals surface area contributed by atoms with E-state index in [1.165, 1.54) is 0 Å². The molecule has 0 aromatic heterocycles. The Kier molecular flexibility index (Phi) is 4.57. The highest BCUT2D eigenvalue weighted by molar-refractivity contribution is 5.86. The lowest BCUT2D eigenvalue weighted by atomic mass is 10.1. The molecule has 0 saturated carbocycles. The van der Waals surface area contributed by atoms with E-state index >= 15 is 0 Å². The lowest BCUT2D eigenvalue weighted by molar-refractivity contribution is -0.128. The number of piperazine rings is 1. The molecule has 1 fully saturated rings. The number of benzene rings is 1. The third kappa shape index (κ3) is 3.48. The minimum Gasteiger partial charge on any atom is -0.370 e. The summed E-state index contributed by atoms with van der Waals surface area (Å²) in [4.78, 5) is 26.7. The molecule has 1 aliphatic rings. The number of nitrogens with zero attached hydrogens (tertiary/aromatic N) is 2. The normalized spacial score (nSPS) is 17.7. The highest BCUT2D eigenvalue weighted by atomic mass is 16.2. The van der Waals surface area contributed by atoms with Crippen LogP contribution in [-0.4, -0.2) is 48.9 Å². The lowest BCUT2D eigenvalue weighted by Crippen LogP contribution is -2.55. The zero-order valence-corrected chi connectivity index (χ0v) is 11.4. The van der Waals surface area contributed by atoms with Gasteiger partial charge in [-0.1, -0.05) is 18.2 Å². The van der Waals surface area contributed by atoms with E-state index in [1.807, 2.05) is 23.1 Å². The van der Waals surface area contributed by atoms with Crippen LogP contribution < -0.4 is 16.4 Å². The number of primary amides is 2. The van der Waals surface area contributed by atoms with Gasteiger partial charge in [-0.25, -0.2) is 0 Å². The first-order valence-corrected chi connectivity index (χ1v) is 6.69. The topological polar surface area (TPSA) is 92.7 Å². The van der Waals surface area contributed by atoms with Crippen LogP contribution in [0.25, 0.3) is 0 Å². The smallest absolute Gasteiger partial charge is 0.235 e. The molecule has 0 spiro atoms. The van der Waals surface area contributed by atoms with E-state index < -0.39 is 17.9 Å². The van der Waals surface area contributed by atoms with Gasteiger partial charge in [-0.3, -0.25) is 14.5 Å². The van der Waals surface area contributed by atoms with Gasteiger partial charge in [0.25, 0.3) is 0 Å². The molecule has 1 aliphatic heterocycles. The van der Waals surface area contributed by atoms with Crippen molar-refractivity contribution in [1.82, 2.24) is 4.90 Å². The summed E-state index contributed by atoms with van der Waals surface area (Å²) in [5.41, 5.74) is 11.7. The number of rotatable bonds is 5. The quantitative estimate of drug-likeness (QED) is 0.761. The standard InChI is InChI=1S/C14H20N4O2/c15-13(19)10-12(14(16)20)18-8-6-17(7-9-18)11-4-2-1-3-5-11/h1-5,12H,6-10H2,(H2,15,19)(H2,16,20). The van der Waals surface area contributed by atoms with Crippen molar-refractivity contribution in [2.75, 3.05) is 31.1 Å². The molecule has 6 heteroatoms. The van der Waals surface area contributed by atoms with Crippen LogP contribution in [0.5, 0.6) is 0 Å². The molecular formula is C14H20N4O2. The second-order valence-corrected chi connectivity index (χ2v) is 4.95. The summed E-state index contributed by atoms with van der Waals surface area (Å²) >= 11 is 0. The number of carbonyl (C=O) groups excluding carboxylic acids is 2. The Morgan fingerprint density at radius 3 is 2.15 bits per heavy atom. The highest BCUT2D eigenvalue weighted by Crippen LogP contribution is 2.17. The van der Waals surface area contributed by atoms with Crippen molar-refractivity contribution < 1.29 is 9.59 Å². The molecule has 1 atom stereocenters. The second-order valence-electron chi connectivity index (χ2n) is 4.95. The highest BCUT2D eigenvalue weighted by Gasteiger charge is 2.28. The molecule has 1 aromatic rings. The Morgan fingerprint density at radius 1 is 1.05 bits per heavy atom. The molecule has 20 heavy (non-hydrogen) atoms. The van der Waals surface area contributed by atoms with E-state index in [-0.39, 0.29) is 6.42 Å². The fourth-order valence-corrected chi connectivity index (χ4v) is 2.53. The molecule has 108 valence electrons. The predicted molar refractivity (Wildman–Crippen MR) is 77.0 cm³/mol. The second kappa shape index (κ2) is 6.38. The van der Waals surface area contributed by atoms with Crippen molar-refractivity contribution >= 4 is 17.5 Å². The van der Waals surface area contributed by atoms with Gasteiger partial charge in [0.2, 0.25) is 11.8 Å². The summed E-state index contributed by atoms with van der Waals surface area (Å²) in [7, 11) is 0. The van der Waals surface area contributed by atoms with Crippen molar-refractivity contribution in [3.05, 3.63) is 30.3 Å². The maximum absolute atomic E-state index is 11.4. The fourth-order valence-electron chi connectivity index (χ4n) is 2.53. The average Bonchev–Trinajstić information content (AvgIpc) is 2.45. The largest absolute Gasteiger partial charge is 0.370 e. The van der Waals surface area contributed by atoms with Crippen LogP contribution in [0.3, 0.4) is 0 Å². The number of amides is 2. The van der Waals surface area contributed by atoms with Gasteiger partial charge in [0.05, 0.1) is 12.5 Å². The molecule has 0 radical (unpaired) electrons. The Morgan fingerprint density at radius 2 is 1.65 bits per heavy atom. The van der Waals surface area contributed by atoms with E-state index in [1.54, 1.807) is 0 Å². The number of anilines is 1. The van der Waals surface area contributed by atoms with E-state index in [0.29, 0.717) is 13.1 Å². The van der Waals surface area contributed by atoms with Gasteiger partial charge in [0.15, 0.2) is 0 Å². The van der Waals surface area contributed by atoms with Gasteiger partial charge in [-0.05, 0) is 12.1 Å². The van der Waals surface area contributed by atoms with Gasteiger partial charge in [0, 0.05) is 31.9 Å². The van der Waals surface area contributed by atoms with Crippen LogP contribution in [0, 0.1) is 0 Å². The van der Waals surface area contributed by atoms with Crippen molar-refractivity contribution in [3.8, 4) is 0 Å². The van der Waals surface area contributed by atoms with Crippen molar-refractivity contribution in [3.63, 3.8) is 0 Å². The van der Waals surface area contributed by atoms with Crippen LogP contribution in [0.1, 0.15) is 6.42 Å². The SMILES string of the molecule is NC(=O)CC(C(N)=O)N1CCN(c2ccccc2)CC1. The van der Waals surface area contributed by atoms with Gasteiger partial charge in [0.1, 0.15) is 0 Å². The minimum absolute atomic E-state index is 0.0132. The number of nitrogens with two attached hydrogens (primary N) is 2. The Labute approximate surface area is 118 Å². The number of carbonyl (C=O) groups is 2. The predicted octanol–water partition coefficient (Wildman–Crippen LogP) is -0.462. The van der Waals surface area contributed by atoms with Crippen molar-refractivity contribution in [2.45, 2.75) is 12.5 Å². The molecular weight excluding hydrogens is 256 g/mol. The monoisotopic (exact) mass is 276 g/mol. The summed E-state index contributed by atoms with van der Waals surface area (Å²) in [6, 6.07) is 9.51. The summed E-state index contributed by atoms with van der Waals surface area (Å²) in [5, 5.41) is 0. The first kappa shape index (κ1) is 14.3. The van der Waals surface area contributed by atoms with Gasteiger partial charge in [-0.2, -0.15) is 0 Å². The Bertz CT molecular complexity index is 469. The van der Waals surface area contributed by atoms with Gasteiger partial charge >= 0.3 is 0 Å². The van der Waals surface area contributed by atoms with E-state index in [9.17, 15) is 9.59 Å². The minimum atomic E-state index is -0.592. The first-order valence-electron chi connectivity index (χ1n) is 6.69. The zero-order valence-electron chi connectivity index (χ0n) is 11.4. The summed E-state index contributed by atoms with van der Waals surface area (Å²) in [6.45, 7) is 2.98.